The number of benzene rings is 1. The van der Waals surface area contributed by atoms with E-state index in [2.05, 4.69) is 59.0 Å². The largest absolute Gasteiger partial charge is 0.354 e. The molecule has 0 amide bonds. The van der Waals surface area contributed by atoms with Gasteiger partial charge in [0.05, 0.1) is 0 Å². The van der Waals surface area contributed by atoms with Gasteiger partial charge in [0, 0.05) is 29.9 Å². The van der Waals surface area contributed by atoms with Crippen LogP contribution < -0.4 is 4.90 Å². The molecule has 124 valence electrons. The summed E-state index contributed by atoms with van der Waals surface area (Å²) in [5, 5.41) is 4.76. The second-order valence-corrected chi connectivity index (χ2v) is 6.81. The molecule has 2 aromatic heterocycles. The number of hydrogen-bond acceptors (Lipinski definition) is 4. The van der Waals surface area contributed by atoms with E-state index >= 15 is 0 Å². The fourth-order valence-electron chi connectivity index (χ4n) is 3.44. The molecule has 0 N–H and O–H groups in total. The van der Waals surface area contributed by atoms with Crippen LogP contribution in [0.5, 0.6) is 0 Å². The average Bonchev–Trinajstić information content (AvgIpc) is 2.99. The van der Waals surface area contributed by atoms with E-state index < -0.39 is 0 Å². The summed E-state index contributed by atoms with van der Waals surface area (Å²) < 4.78 is 1.91. The predicted octanol–water partition coefficient (Wildman–Crippen LogP) is 3.79. The summed E-state index contributed by atoms with van der Waals surface area (Å²) in [7, 11) is 0. The number of hydrogen-bond donors (Lipinski definition) is 0. The lowest BCUT2D eigenvalue weighted by atomic mass is 10.0. The quantitative estimate of drug-likeness (QED) is 0.720. The van der Waals surface area contributed by atoms with Crippen LogP contribution in [-0.4, -0.2) is 32.2 Å². The lowest BCUT2D eigenvalue weighted by Gasteiger charge is -2.35. The first-order chi connectivity index (χ1) is 11.6. The number of aromatic nitrogens is 4. The Morgan fingerprint density at radius 2 is 1.83 bits per heavy atom. The summed E-state index contributed by atoms with van der Waals surface area (Å²) in [6, 6.07) is 11.0. The summed E-state index contributed by atoms with van der Waals surface area (Å²) >= 11 is 0. The highest BCUT2D eigenvalue weighted by Crippen LogP contribution is 2.26. The molecule has 1 fully saturated rings. The van der Waals surface area contributed by atoms with Gasteiger partial charge < -0.3 is 4.90 Å². The van der Waals surface area contributed by atoms with E-state index in [1.165, 1.54) is 24.8 Å². The number of rotatable bonds is 2. The van der Waals surface area contributed by atoms with Crippen LogP contribution in [0.3, 0.4) is 0 Å². The van der Waals surface area contributed by atoms with Gasteiger partial charge in [-0.2, -0.15) is 9.50 Å². The molecule has 1 saturated heterocycles. The van der Waals surface area contributed by atoms with Crippen LogP contribution in [0, 0.1) is 13.8 Å². The minimum atomic E-state index is 0.524. The summed E-state index contributed by atoms with van der Waals surface area (Å²) in [6.07, 6.45) is 3.76. The molecule has 1 aliphatic heterocycles. The Hall–Kier alpha value is -2.43. The van der Waals surface area contributed by atoms with Crippen molar-refractivity contribution in [3.63, 3.8) is 0 Å². The van der Waals surface area contributed by atoms with E-state index in [4.69, 9.17) is 5.10 Å². The first-order valence-electron chi connectivity index (χ1n) is 8.70. The van der Waals surface area contributed by atoms with Crippen LogP contribution >= 0.6 is 0 Å². The van der Waals surface area contributed by atoms with Crippen LogP contribution in [0.1, 0.15) is 37.4 Å². The summed E-state index contributed by atoms with van der Waals surface area (Å²) in [5.74, 6) is 2.52. The van der Waals surface area contributed by atoms with Crippen LogP contribution in [0.2, 0.25) is 0 Å². The third-order valence-electron chi connectivity index (χ3n) is 4.83. The molecule has 3 aromatic rings. The maximum absolute atomic E-state index is 4.76. The molecule has 5 nitrogen and oxygen atoms in total. The Morgan fingerprint density at radius 1 is 1.04 bits per heavy atom. The third kappa shape index (κ3) is 2.64. The Bertz CT molecular complexity index is 865. The van der Waals surface area contributed by atoms with Gasteiger partial charge in [0.1, 0.15) is 5.82 Å². The molecule has 0 unspecified atom stereocenters. The molecule has 0 bridgehead atoms. The molecule has 0 saturated carbocycles. The van der Waals surface area contributed by atoms with Crippen molar-refractivity contribution >= 4 is 11.6 Å². The maximum atomic E-state index is 4.76. The standard InChI is InChI=1S/C19H23N5/c1-13-7-9-16(10-8-13)18-21-19-20-14(2)12-17(24(19)22-18)23-11-5-4-6-15(23)3/h7-10,12,15H,4-6,11H2,1-3H3/t15-/m0/s1. The first kappa shape index (κ1) is 15.1. The van der Waals surface area contributed by atoms with Gasteiger partial charge in [0.2, 0.25) is 0 Å². The highest BCUT2D eigenvalue weighted by atomic mass is 15.4. The van der Waals surface area contributed by atoms with Gasteiger partial charge in [0.15, 0.2) is 5.82 Å². The smallest absolute Gasteiger partial charge is 0.254 e. The van der Waals surface area contributed by atoms with Crippen LogP contribution in [0.15, 0.2) is 30.3 Å². The van der Waals surface area contributed by atoms with Crippen LogP contribution in [0.4, 0.5) is 5.82 Å². The van der Waals surface area contributed by atoms with Gasteiger partial charge in [-0.25, -0.2) is 4.98 Å². The molecule has 24 heavy (non-hydrogen) atoms. The van der Waals surface area contributed by atoms with Gasteiger partial charge in [-0.3, -0.25) is 0 Å². The lowest BCUT2D eigenvalue weighted by molar-refractivity contribution is 0.477. The molecule has 0 radical (unpaired) electrons. The second kappa shape index (κ2) is 5.89. The molecule has 0 spiro atoms. The summed E-state index contributed by atoms with van der Waals surface area (Å²) in [4.78, 5) is 11.7. The number of anilines is 1. The van der Waals surface area contributed by atoms with Gasteiger partial charge in [-0.05, 0) is 40.0 Å². The normalized spacial score (nSPS) is 18.3. The summed E-state index contributed by atoms with van der Waals surface area (Å²) in [6.45, 7) is 7.47. The van der Waals surface area contributed by atoms with Gasteiger partial charge in [-0.1, -0.05) is 29.8 Å². The SMILES string of the molecule is Cc1ccc(-c2nc3nc(C)cc(N4CCCC[C@@H]4C)n3n2)cc1. The molecule has 1 aromatic carbocycles. The van der Waals surface area contributed by atoms with Crippen molar-refractivity contribution in [3.8, 4) is 11.4 Å². The minimum absolute atomic E-state index is 0.524. The van der Waals surface area contributed by atoms with E-state index in [0.29, 0.717) is 11.8 Å². The highest BCUT2D eigenvalue weighted by Gasteiger charge is 2.22. The van der Waals surface area contributed by atoms with Crippen LogP contribution in [0.25, 0.3) is 17.2 Å². The van der Waals surface area contributed by atoms with Crippen molar-refractivity contribution in [3.05, 3.63) is 41.6 Å². The van der Waals surface area contributed by atoms with Crippen molar-refractivity contribution in [2.45, 2.75) is 46.1 Å². The molecule has 5 heteroatoms. The molecule has 1 atom stereocenters. The molecule has 3 heterocycles. The number of piperidine rings is 1. The van der Waals surface area contributed by atoms with E-state index in [0.717, 1.165) is 29.4 Å². The molecule has 1 aliphatic rings. The van der Waals surface area contributed by atoms with Crippen LogP contribution in [-0.2, 0) is 0 Å². The fourth-order valence-corrected chi connectivity index (χ4v) is 3.44. The zero-order valence-corrected chi connectivity index (χ0v) is 14.5. The summed E-state index contributed by atoms with van der Waals surface area (Å²) in [5.41, 5.74) is 3.25. The highest BCUT2D eigenvalue weighted by molar-refractivity contribution is 5.59. The van der Waals surface area contributed by atoms with E-state index in [9.17, 15) is 0 Å². The van der Waals surface area contributed by atoms with Gasteiger partial charge in [-0.15, -0.1) is 5.10 Å². The number of aryl methyl sites for hydroxylation is 2. The van der Waals surface area contributed by atoms with E-state index in [-0.39, 0.29) is 0 Å². The van der Waals surface area contributed by atoms with Crippen molar-refractivity contribution in [2.75, 3.05) is 11.4 Å². The molecule has 4 rings (SSSR count). The molecular weight excluding hydrogens is 298 g/mol. The fraction of sp³-hybridized carbons (Fsp3) is 0.421. The van der Waals surface area contributed by atoms with E-state index in [1.807, 2.05) is 11.4 Å². The van der Waals surface area contributed by atoms with E-state index in [1.54, 1.807) is 0 Å². The van der Waals surface area contributed by atoms with Gasteiger partial charge >= 0.3 is 0 Å². The lowest BCUT2D eigenvalue weighted by Crippen LogP contribution is -2.38. The Kier molecular flexibility index (Phi) is 3.71. The number of fused-ring (bicyclic) bond motifs is 1. The second-order valence-electron chi connectivity index (χ2n) is 6.81. The van der Waals surface area contributed by atoms with Crippen molar-refractivity contribution in [2.24, 2.45) is 0 Å². The third-order valence-corrected chi connectivity index (χ3v) is 4.83. The topological polar surface area (TPSA) is 46.3 Å². The maximum Gasteiger partial charge on any atom is 0.254 e. The number of nitrogens with zero attached hydrogens (tertiary/aromatic N) is 5. The van der Waals surface area contributed by atoms with Gasteiger partial charge in [0.25, 0.3) is 5.78 Å². The minimum Gasteiger partial charge on any atom is -0.354 e. The first-order valence-corrected chi connectivity index (χ1v) is 8.70. The molecular formula is C19H23N5. The Labute approximate surface area is 142 Å². The zero-order chi connectivity index (χ0) is 16.7. The Morgan fingerprint density at radius 3 is 2.58 bits per heavy atom. The monoisotopic (exact) mass is 321 g/mol. The Balaban J connectivity index is 1.83. The van der Waals surface area contributed by atoms with Crippen molar-refractivity contribution in [1.82, 2.24) is 19.6 Å². The average molecular weight is 321 g/mol. The van der Waals surface area contributed by atoms with Crippen molar-refractivity contribution < 1.29 is 0 Å². The van der Waals surface area contributed by atoms with Crippen molar-refractivity contribution in [1.29, 1.82) is 0 Å². The molecule has 0 aliphatic carbocycles. The zero-order valence-electron chi connectivity index (χ0n) is 14.5. The predicted molar refractivity (Wildman–Crippen MR) is 96.4 cm³/mol.